The predicted molar refractivity (Wildman–Crippen MR) is 115 cm³/mol. The summed E-state index contributed by atoms with van der Waals surface area (Å²) in [5.41, 5.74) is 1.96. The van der Waals surface area contributed by atoms with Crippen molar-refractivity contribution in [3.63, 3.8) is 0 Å². The summed E-state index contributed by atoms with van der Waals surface area (Å²) in [6.45, 7) is 0.726. The number of halogens is 1. The van der Waals surface area contributed by atoms with Gasteiger partial charge in [-0.3, -0.25) is 4.79 Å². The minimum atomic E-state index is -0.321. The Morgan fingerprint density at radius 3 is 2.83 bits per heavy atom. The van der Waals surface area contributed by atoms with Gasteiger partial charge in [-0.05, 0) is 61.9 Å². The second-order valence-electron chi connectivity index (χ2n) is 7.64. The van der Waals surface area contributed by atoms with E-state index in [1.807, 2.05) is 4.90 Å². The van der Waals surface area contributed by atoms with E-state index >= 15 is 0 Å². The van der Waals surface area contributed by atoms with E-state index in [4.69, 9.17) is 0 Å². The Bertz CT molecular complexity index is 1050. The van der Waals surface area contributed by atoms with E-state index in [1.165, 1.54) is 34.4 Å². The van der Waals surface area contributed by atoms with E-state index < -0.39 is 0 Å². The molecular weight excluding hydrogens is 405 g/mol. The Hall–Kier alpha value is -1.99. The molecule has 1 saturated heterocycles. The Balaban J connectivity index is 1.47. The topological polar surface area (TPSA) is 46.1 Å². The van der Waals surface area contributed by atoms with Crippen LogP contribution < -0.4 is 0 Å². The molecular formula is C22H22FN3OS2. The van der Waals surface area contributed by atoms with Gasteiger partial charge >= 0.3 is 0 Å². The number of hydrogen-bond donors (Lipinski definition) is 0. The molecule has 2 aromatic heterocycles. The number of thioether (sulfide) groups is 1. The maximum atomic E-state index is 13.3. The fraction of sp³-hybridized carbons (Fsp3) is 0.409. The lowest BCUT2D eigenvalue weighted by Crippen LogP contribution is -2.38. The number of aromatic nitrogens is 2. The summed E-state index contributed by atoms with van der Waals surface area (Å²) in [7, 11) is 0. The molecule has 0 saturated carbocycles. The van der Waals surface area contributed by atoms with E-state index in [-0.39, 0.29) is 17.1 Å². The molecule has 1 aromatic carbocycles. The molecule has 0 bridgehead atoms. The number of nitrogens with zero attached hydrogens (tertiary/aromatic N) is 3. The number of benzene rings is 1. The lowest BCUT2D eigenvalue weighted by Gasteiger charge is -2.29. The Morgan fingerprint density at radius 2 is 1.97 bits per heavy atom. The highest BCUT2D eigenvalue weighted by Gasteiger charge is 2.29. The first kappa shape index (κ1) is 19.0. The molecule has 1 aliphatic carbocycles. The number of fused-ring (bicyclic) bond motifs is 3. The van der Waals surface area contributed by atoms with Crippen molar-refractivity contribution < 1.29 is 9.18 Å². The van der Waals surface area contributed by atoms with Crippen molar-refractivity contribution in [3.05, 3.63) is 52.4 Å². The van der Waals surface area contributed by atoms with Crippen LogP contribution in [0.2, 0.25) is 0 Å². The first-order chi connectivity index (χ1) is 14.2. The smallest absolute Gasteiger partial charge is 0.254 e. The minimum absolute atomic E-state index is 0.0229. The molecule has 3 aromatic rings. The molecule has 7 heteroatoms. The standard InChI is InChI=1S/C22H22FN3OS2/c23-15-10-8-14(9-11-15)22(27)26-12-3-1-2-7-18(26)29-21-19-16-5-4-6-17(16)28-20(19)24-13-25-21/h8-11,13,18H,1-7,12H2/t18-/m0/s1. The van der Waals surface area contributed by atoms with Crippen LogP contribution in [-0.2, 0) is 12.8 Å². The quantitative estimate of drug-likeness (QED) is 0.521. The van der Waals surface area contributed by atoms with Gasteiger partial charge in [0.1, 0.15) is 22.0 Å². The highest BCUT2D eigenvalue weighted by Crippen LogP contribution is 2.42. The number of amides is 1. The van der Waals surface area contributed by atoms with E-state index in [0.717, 1.165) is 54.9 Å². The van der Waals surface area contributed by atoms with Gasteiger partial charge in [0.15, 0.2) is 0 Å². The third-order valence-corrected chi connectivity index (χ3v) is 8.26. The fourth-order valence-corrected chi connectivity index (χ4v) is 6.92. The molecule has 0 N–H and O–H groups in total. The van der Waals surface area contributed by atoms with Gasteiger partial charge in [-0.2, -0.15) is 0 Å². The monoisotopic (exact) mass is 427 g/mol. The predicted octanol–water partition coefficient (Wildman–Crippen LogP) is 5.45. The number of thiophene rings is 1. The van der Waals surface area contributed by atoms with Gasteiger partial charge in [-0.1, -0.05) is 24.6 Å². The summed E-state index contributed by atoms with van der Waals surface area (Å²) < 4.78 is 13.3. The van der Waals surface area contributed by atoms with Crippen molar-refractivity contribution >= 4 is 39.2 Å². The number of rotatable bonds is 3. The van der Waals surface area contributed by atoms with Crippen LogP contribution in [0.5, 0.6) is 0 Å². The summed E-state index contributed by atoms with van der Waals surface area (Å²) in [6.07, 6.45) is 9.25. The summed E-state index contributed by atoms with van der Waals surface area (Å²) in [4.78, 5) is 26.8. The third-order valence-electron chi connectivity index (χ3n) is 5.76. The minimum Gasteiger partial charge on any atom is -0.326 e. The Labute approximate surface area is 177 Å². The maximum absolute atomic E-state index is 13.3. The number of hydrogen-bond acceptors (Lipinski definition) is 5. The molecule has 150 valence electrons. The number of carbonyl (C=O) groups excluding carboxylic acids is 1. The molecule has 1 amide bonds. The molecule has 29 heavy (non-hydrogen) atoms. The maximum Gasteiger partial charge on any atom is 0.254 e. The van der Waals surface area contributed by atoms with E-state index in [1.54, 1.807) is 41.6 Å². The molecule has 1 aliphatic heterocycles. The molecule has 0 radical (unpaired) electrons. The largest absolute Gasteiger partial charge is 0.326 e. The van der Waals surface area contributed by atoms with Crippen LogP contribution in [0, 0.1) is 5.82 Å². The second kappa shape index (κ2) is 8.03. The van der Waals surface area contributed by atoms with Gasteiger partial charge < -0.3 is 4.90 Å². The molecule has 0 unspecified atom stereocenters. The summed E-state index contributed by atoms with van der Waals surface area (Å²) in [5, 5.41) is 2.23. The van der Waals surface area contributed by atoms with Gasteiger partial charge in [-0.15, -0.1) is 11.3 Å². The molecule has 0 spiro atoms. The van der Waals surface area contributed by atoms with Gasteiger partial charge in [-0.25, -0.2) is 14.4 Å². The van der Waals surface area contributed by atoms with Crippen molar-refractivity contribution in [2.45, 2.75) is 55.3 Å². The van der Waals surface area contributed by atoms with Crippen LogP contribution in [0.4, 0.5) is 4.39 Å². The van der Waals surface area contributed by atoms with Gasteiger partial charge in [0, 0.05) is 22.4 Å². The van der Waals surface area contributed by atoms with Crippen LogP contribution in [0.3, 0.4) is 0 Å². The van der Waals surface area contributed by atoms with Crippen molar-refractivity contribution in [2.75, 3.05) is 6.54 Å². The fourth-order valence-electron chi connectivity index (χ4n) is 4.31. The van der Waals surface area contributed by atoms with E-state index in [9.17, 15) is 9.18 Å². The lowest BCUT2D eigenvalue weighted by molar-refractivity contribution is 0.0742. The molecule has 1 fully saturated rings. The number of carbonyl (C=O) groups is 1. The third kappa shape index (κ3) is 3.66. The average Bonchev–Trinajstić information content (AvgIpc) is 3.23. The SMILES string of the molecule is O=C(c1ccc(F)cc1)N1CCCCC[C@@H]1Sc1ncnc2sc3c(c12)CCC3. The van der Waals surface area contributed by atoms with Crippen molar-refractivity contribution in [3.8, 4) is 0 Å². The van der Waals surface area contributed by atoms with Crippen molar-refractivity contribution in [1.29, 1.82) is 0 Å². The summed E-state index contributed by atoms with van der Waals surface area (Å²) >= 11 is 3.49. The normalized spacial score (nSPS) is 19.3. The van der Waals surface area contributed by atoms with Crippen LogP contribution >= 0.6 is 23.1 Å². The summed E-state index contributed by atoms with van der Waals surface area (Å²) in [6, 6.07) is 5.88. The molecule has 2 aliphatic rings. The van der Waals surface area contributed by atoms with Crippen LogP contribution in [0.15, 0.2) is 35.6 Å². The Morgan fingerprint density at radius 1 is 1.10 bits per heavy atom. The highest BCUT2D eigenvalue weighted by molar-refractivity contribution is 8.00. The zero-order valence-corrected chi connectivity index (χ0v) is 17.7. The van der Waals surface area contributed by atoms with Crippen LogP contribution in [0.1, 0.15) is 52.9 Å². The van der Waals surface area contributed by atoms with Crippen LogP contribution in [0.25, 0.3) is 10.2 Å². The number of aryl methyl sites for hydroxylation is 2. The number of likely N-dealkylation sites (tertiary alicyclic amines) is 1. The zero-order chi connectivity index (χ0) is 19.8. The van der Waals surface area contributed by atoms with Crippen molar-refractivity contribution in [1.82, 2.24) is 14.9 Å². The first-order valence-corrected chi connectivity index (χ1v) is 11.9. The van der Waals surface area contributed by atoms with E-state index in [0.29, 0.717) is 5.56 Å². The second-order valence-corrected chi connectivity index (χ2v) is 9.89. The average molecular weight is 428 g/mol. The van der Waals surface area contributed by atoms with Crippen molar-refractivity contribution in [2.24, 2.45) is 0 Å². The van der Waals surface area contributed by atoms with Gasteiger partial charge in [0.2, 0.25) is 0 Å². The van der Waals surface area contributed by atoms with Gasteiger partial charge in [0.25, 0.3) is 5.91 Å². The first-order valence-electron chi connectivity index (χ1n) is 10.2. The molecule has 1 atom stereocenters. The lowest BCUT2D eigenvalue weighted by atomic mass is 10.2. The van der Waals surface area contributed by atoms with E-state index in [2.05, 4.69) is 9.97 Å². The van der Waals surface area contributed by atoms with Gasteiger partial charge in [0.05, 0.1) is 5.37 Å². The molecule has 5 rings (SSSR count). The zero-order valence-electron chi connectivity index (χ0n) is 16.1. The highest BCUT2D eigenvalue weighted by atomic mass is 32.2. The molecule has 4 nitrogen and oxygen atoms in total. The summed E-state index contributed by atoms with van der Waals surface area (Å²) in [5.74, 6) is -0.344. The van der Waals surface area contributed by atoms with Crippen LogP contribution in [-0.4, -0.2) is 32.7 Å². The molecule has 3 heterocycles. The Kier molecular flexibility index (Phi) is 5.26.